The third-order valence-corrected chi connectivity index (χ3v) is 3.63. The normalized spacial score (nSPS) is 21.3. The van der Waals surface area contributed by atoms with Gasteiger partial charge in [-0.25, -0.2) is 0 Å². The molecular formula is C20H30O3. The maximum absolute atomic E-state index is 10.4. The van der Waals surface area contributed by atoms with Crippen LogP contribution in [0.25, 0.3) is 0 Å². The number of carbonyl (C=O) groups is 1. The van der Waals surface area contributed by atoms with Gasteiger partial charge in [-0.05, 0) is 44.9 Å². The average Bonchev–Trinajstić information content (AvgIpc) is 3.27. The maximum Gasteiger partial charge on any atom is 0.303 e. The van der Waals surface area contributed by atoms with E-state index in [0.717, 1.165) is 38.5 Å². The number of hydrogen-bond donors (Lipinski definition) is 1. The van der Waals surface area contributed by atoms with Crippen molar-refractivity contribution in [2.24, 2.45) is 0 Å². The predicted octanol–water partition coefficient (Wildman–Crippen LogP) is 5.20. The van der Waals surface area contributed by atoms with Crippen molar-refractivity contribution in [2.75, 3.05) is 0 Å². The molecule has 0 aromatic heterocycles. The van der Waals surface area contributed by atoms with Crippen LogP contribution in [0.4, 0.5) is 0 Å². The lowest BCUT2D eigenvalue weighted by Gasteiger charge is -1.91. The molecule has 3 heteroatoms. The van der Waals surface area contributed by atoms with Crippen LogP contribution >= 0.6 is 0 Å². The number of hydrogen-bond acceptors (Lipinski definition) is 2. The molecule has 1 aliphatic heterocycles. The van der Waals surface area contributed by atoms with Gasteiger partial charge in [0.05, 0.1) is 12.2 Å². The van der Waals surface area contributed by atoms with E-state index in [-0.39, 0.29) is 6.42 Å². The van der Waals surface area contributed by atoms with Crippen LogP contribution in [-0.4, -0.2) is 23.3 Å². The average molecular weight is 318 g/mol. The lowest BCUT2D eigenvalue weighted by atomic mass is 10.1. The van der Waals surface area contributed by atoms with Crippen LogP contribution in [-0.2, 0) is 9.53 Å². The highest BCUT2D eigenvalue weighted by molar-refractivity contribution is 5.66. The fourth-order valence-corrected chi connectivity index (χ4v) is 2.25. The van der Waals surface area contributed by atoms with E-state index < -0.39 is 5.97 Å². The molecule has 0 aromatic carbocycles. The third kappa shape index (κ3) is 11.6. The molecule has 1 heterocycles. The number of rotatable bonds is 13. The summed E-state index contributed by atoms with van der Waals surface area (Å²) in [7, 11) is 0. The lowest BCUT2D eigenvalue weighted by Crippen LogP contribution is -1.93. The summed E-state index contributed by atoms with van der Waals surface area (Å²) in [6.07, 6.45) is 24.9. The molecule has 0 radical (unpaired) electrons. The second-order valence-electron chi connectivity index (χ2n) is 5.74. The summed E-state index contributed by atoms with van der Waals surface area (Å²) in [5, 5.41) is 8.53. The Morgan fingerprint density at radius 1 is 0.913 bits per heavy atom. The first-order valence-corrected chi connectivity index (χ1v) is 8.71. The van der Waals surface area contributed by atoms with Crippen molar-refractivity contribution >= 4 is 5.97 Å². The summed E-state index contributed by atoms with van der Waals surface area (Å²) < 4.78 is 5.61. The van der Waals surface area contributed by atoms with Crippen LogP contribution < -0.4 is 0 Å². The summed E-state index contributed by atoms with van der Waals surface area (Å²) in [6.45, 7) is 2.14. The van der Waals surface area contributed by atoms with Crippen LogP contribution in [0.1, 0.15) is 58.3 Å². The zero-order valence-electron chi connectivity index (χ0n) is 14.2. The van der Waals surface area contributed by atoms with E-state index in [1.54, 1.807) is 0 Å². The van der Waals surface area contributed by atoms with Crippen LogP contribution in [0.3, 0.4) is 0 Å². The quantitative estimate of drug-likeness (QED) is 0.288. The summed E-state index contributed by atoms with van der Waals surface area (Å²) in [5.74, 6) is -0.719. The van der Waals surface area contributed by atoms with Crippen molar-refractivity contribution in [1.29, 1.82) is 0 Å². The smallest absolute Gasteiger partial charge is 0.303 e. The summed E-state index contributed by atoms with van der Waals surface area (Å²) >= 11 is 0. The second-order valence-corrected chi connectivity index (χ2v) is 5.74. The number of carboxylic acid groups (broad SMARTS) is 1. The van der Waals surface area contributed by atoms with Gasteiger partial charge in [0, 0.05) is 6.42 Å². The van der Waals surface area contributed by atoms with Crippen LogP contribution in [0.15, 0.2) is 48.6 Å². The Labute approximate surface area is 140 Å². The van der Waals surface area contributed by atoms with Gasteiger partial charge in [-0.15, -0.1) is 0 Å². The van der Waals surface area contributed by atoms with Gasteiger partial charge in [0.15, 0.2) is 0 Å². The number of unbranched alkanes of at least 4 members (excludes halogenated alkanes) is 1. The fourth-order valence-electron chi connectivity index (χ4n) is 2.25. The lowest BCUT2D eigenvalue weighted by molar-refractivity contribution is -0.137. The Hall–Kier alpha value is -1.61. The fraction of sp³-hybridized carbons (Fsp3) is 0.550. The first kappa shape index (κ1) is 19.4. The monoisotopic (exact) mass is 318 g/mol. The molecule has 0 bridgehead atoms. The van der Waals surface area contributed by atoms with Gasteiger partial charge in [-0.1, -0.05) is 55.5 Å². The largest absolute Gasteiger partial charge is 0.481 e. The molecule has 1 saturated heterocycles. The van der Waals surface area contributed by atoms with Crippen molar-refractivity contribution in [3.63, 3.8) is 0 Å². The minimum atomic E-state index is -0.719. The molecule has 3 nitrogen and oxygen atoms in total. The van der Waals surface area contributed by atoms with E-state index in [2.05, 4.69) is 55.5 Å². The molecule has 0 spiro atoms. The Balaban J connectivity index is 1.96. The molecule has 0 aromatic rings. The molecule has 2 atom stereocenters. The SMILES string of the molecule is CC/C=C\C/C=C\C/C=C\CC1OC1C/C=C\CCCC(=O)O. The van der Waals surface area contributed by atoms with E-state index in [4.69, 9.17) is 9.84 Å². The Morgan fingerprint density at radius 2 is 1.48 bits per heavy atom. The number of epoxide rings is 1. The highest BCUT2D eigenvalue weighted by atomic mass is 16.6. The summed E-state index contributed by atoms with van der Waals surface area (Å²) in [6, 6.07) is 0. The van der Waals surface area contributed by atoms with E-state index >= 15 is 0 Å². The molecule has 0 aliphatic carbocycles. The van der Waals surface area contributed by atoms with Gasteiger partial charge in [-0.3, -0.25) is 4.79 Å². The van der Waals surface area contributed by atoms with E-state index in [1.165, 1.54) is 0 Å². The van der Waals surface area contributed by atoms with Crippen molar-refractivity contribution in [3.8, 4) is 0 Å². The van der Waals surface area contributed by atoms with Gasteiger partial charge < -0.3 is 9.84 Å². The molecule has 1 aliphatic rings. The van der Waals surface area contributed by atoms with Crippen LogP contribution in [0.5, 0.6) is 0 Å². The molecule has 1 N–H and O–H groups in total. The molecule has 23 heavy (non-hydrogen) atoms. The van der Waals surface area contributed by atoms with Crippen LogP contribution in [0, 0.1) is 0 Å². The highest BCUT2D eigenvalue weighted by Crippen LogP contribution is 2.29. The molecule has 0 amide bonds. The number of ether oxygens (including phenoxy) is 1. The van der Waals surface area contributed by atoms with Gasteiger partial charge in [0.1, 0.15) is 0 Å². The zero-order chi connectivity index (χ0) is 16.8. The maximum atomic E-state index is 10.4. The number of allylic oxidation sites excluding steroid dienone is 6. The molecule has 1 fully saturated rings. The zero-order valence-corrected chi connectivity index (χ0v) is 14.2. The Morgan fingerprint density at radius 3 is 2.09 bits per heavy atom. The van der Waals surface area contributed by atoms with Gasteiger partial charge in [0.25, 0.3) is 0 Å². The number of carboxylic acids is 1. The third-order valence-electron chi connectivity index (χ3n) is 3.63. The van der Waals surface area contributed by atoms with Crippen molar-refractivity contribution in [1.82, 2.24) is 0 Å². The summed E-state index contributed by atoms with van der Waals surface area (Å²) in [4.78, 5) is 10.4. The molecule has 1 rings (SSSR count). The Bertz CT molecular complexity index is 432. The highest BCUT2D eigenvalue weighted by Gasteiger charge is 2.35. The minimum absolute atomic E-state index is 0.251. The minimum Gasteiger partial charge on any atom is -0.481 e. The predicted molar refractivity (Wildman–Crippen MR) is 95.5 cm³/mol. The van der Waals surface area contributed by atoms with Crippen molar-refractivity contribution < 1.29 is 14.6 Å². The second kappa shape index (κ2) is 12.9. The topological polar surface area (TPSA) is 49.8 Å². The first-order valence-electron chi connectivity index (χ1n) is 8.71. The standard InChI is InChI=1S/C20H30O3/c1-2-3-4-5-6-7-8-9-12-15-18-19(23-18)16-13-10-11-14-17-20(21)22/h3-4,6-7,9-10,12-13,18-19H,2,5,8,11,14-17H2,1H3,(H,21,22)/b4-3-,7-6-,12-9-,13-10-. The van der Waals surface area contributed by atoms with E-state index in [0.29, 0.717) is 18.6 Å². The van der Waals surface area contributed by atoms with Crippen molar-refractivity contribution in [2.45, 2.75) is 70.5 Å². The first-order chi connectivity index (χ1) is 11.2. The summed E-state index contributed by atoms with van der Waals surface area (Å²) in [5.41, 5.74) is 0. The van der Waals surface area contributed by atoms with Gasteiger partial charge in [0.2, 0.25) is 0 Å². The molecular weight excluding hydrogens is 288 g/mol. The van der Waals surface area contributed by atoms with E-state index in [9.17, 15) is 4.79 Å². The van der Waals surface area contributed by atoms with Gasteiger partial charge >= 0.3 is 5.97 Å². The van der Waals surface area contributed by atoms with Crippen molar-refractivity contribution in [3.05, 3.63) is 48.6 Å². The van der Waals surface area contributed by atoms with Crippen LogP contribution in [0.2, 0.25) is 0 Å². The van der Waals surface area contributed by atoms with Gasteiger partial charge in [-0.2, -0.15) is 0 Å². The van der Waals surface area contributed by atoms with E-state index in [1.807, 2.05) is 0 Å². The molecule has 0 saturated carbocycles. The number of aliphatic carboxylic acids is 1. The molecule has 2 unspecified atom stereocenters. The Kier molecular flexibility index (Phi) is 10.9. The molecule has 128 valence electrons.